The van der Waals surface area contributed by atoms with Gasteiger partial charge in [-0.25, -0.2) is 66.2 Å². The number of carbonyl (C=O) groups excluding carboxylic acids is 3. The van der Waals surface area contributed by atoms with Crippen LogP contribution in [0, 0.1) is 49.1 Å². The quantitative estimate of drug-likeness (QED) is 0.0605. The predicted octanol–water partition coefficient (Wildman–Crippen LogP) is 18.5. The zero-order chi connectivity index (χ0) is 94.0. The molecule has 0 radical (unpaired) electrons. The number of benzene rings is 3. The summed E-state index contributed by atoms with van der Waals surface area (Å²) in [6, 6.07) is 24.7. The third kappa shape index (κ3) is 19.1. The third-order valence-corrected chi connectivity index (χ3v) is 24.6. The molecule has 130 heavy (non-hydrogen) atoms. The van der Waals surface area contributed by atoms with Crippen molar-refractivity contribution in [2.45, 2.75) is 198 Å². The monoisotopic (exact) mass is 1820 g/mol. The minimum atomic E-state index is -0.560. The lowest BCUT2D eigenvalue weighted by Gasteiger charge is -2.44. The van der Waals surface area contributed by atoms with Gasteiger partial charge in [-0.05, 0) is 194 Å². The number of nitrogens with zero attached hydrogens (tertiary/aromatic N) is 19. The normalized spacial score (nSPS) is 17.2. The minimum Gasteiger partial charge on any atom is -0.349 e. The first-order valence-corrected chi connectivity index (χ1v) is 44.8. The number of carbonyl (C=O) groups is 3. The number of piperazine rings is 3. The van der Waals surface area contributed by atoms with Crippen LogP contribution < -0.4 is 31.8 Å². The molecule has 12 aromatic rings. The molecule has 25 nitrogen and oxygen atoms in total. The minimum absolute atomic E-state index is 0.00225. The van der Waals surface area contributed by atoms with Crippen LogP contribution in [0.5, 0.6) is 0 Å². The highest BCUT2D eigenvalue weighted by Gasteiger charge is 2.39. The van der Waals surface area contributed by atoms with Crippen LogP contribution in [0.15, 0.2) is 161 Å². The zero-order valence-electron chi connectivity index (χ0n) is 76.5. The van der Waals surface area contributed by atoms with Crippen LogP contribution in [-0.4, -0.2) is 171 Å². The van der Waals surface area contributed by atoms with Gasteiger partial charge in [0.15, 0.2) is 16.9 Å². The highest BCUT2D eigenvalue weighted by molar-refractivity contribution is 6.35. The summed E-state index contributed by atoms with van der Waals surface area (Å²) in [7, 11) is 0. The van der Waals surface area contributed by atoms with E-state index in [1.54, 1.807) is 114 Å². The van der Waals surface area contributed by atoms with Crippen LogP contribution in [-0.2, 0) is 14.4 Å². The second kappa shape index (κ2) is 39.8. The summed E-state index contributed by atoms with van der Waals surface area (Å²) in [5.41, 5.74) is 6.82. The second-order valence-electron chi connectivity index (χ2n) is 35.1. The molecule has 3 aliphatic heterocycles. The molecule has 676 valence electrons. The topological polar surface area (TPSA) is 266 Å². The van der Waals surface area contributed by atoms with Gasteiger partial charge in [0.2, 0.25) is 11.8 Å². The Labute approximate surface area is 769 Å². The molecule has 3 amide bonds. The maximum Gasteiger partial charge on any atom is 0.355 e. The van der Waals surface area contributed by atoms with E-state index in [1.165, 1.54) is 44.3 Å². The van der Waals surface area contributed by atoms with Gasteiger partial charge in [0.05, 0.1) is 82.5 Å². The van der Waals surface area contributed by atoms with Crippen LogP contribution in [0.1, 0.15) is 182 Å². The number of halogens is 6. The molecule has 0 N–H and O–H groups in total. The summed E-state index contributed by atoms with van der Waals surface area (Å²) >= 11 is 20.5. The second-order valence-corrected chi connectivity index (χ2v) is 36.4. The summed E-state index contributed by atoms with van der Waals surface area (Å²) in [6.07, 6.45) is 12.4. The van der Waals surface area contributed by atoms with Gasteiger partial charge in [-0.15, -0.1) is 0 Å². The maximum absolute atomic E-state index is 15.1. The number of hydrogen-bond acceptors (Lipinski definition) is 19. The molecule has 0 bridgehead atoms. The summed E-state index contributed by atoms with van der Waals surface area (Å²) in [6.45, 7) is 43.7. The largest absolute Gasteiger partial charge is 0.355 e. The molecule has 6 atom stereocenters. The fourth-order valence-corrected chi connectivity index (χ4v) is 17.9. The number of amides is 3. The standard InChI is InChI=1S/C36H43ClFN7O2.C32H32ClFN6O2.C31H32ClFN6O2/c1-20(2)12-11-15-29(46)43-17-24(8)44(18-23(43)7)34-26-16-27(37)32(25-13-9-10-14-28(25)38)41-35(26)45(36(47)42-34)33-30(21(3)4)39-19-40-31(33)22(5)6;1-7-10-26(41)38-16-21(6)39(17-20(38)5)30-23-15-24(33)28(22-11-8-9-12-25(22)34)36-31(23)40(32(42)37-30)29-19(4)13-14-35-27(29)18(2)3;1-7-26(40)37-15-20(6)38(16-19(37)5)29-22-12-24(32)27(21-10-8-9-11-25(21)33)35-30(22)39(31(41)36-29)28-18(4)13-34-14-23(28)17(2)3/h9-11,13-16,19-24H,12,17-18H2,1-8H3;8-9,11-15,18,20-21H,16-17H2,1-6H3;7-14,17,19-20H,1,15-16H2,2-6H3/b15-11+;;. The van der Waals surface area contributed by atoms with Gasteiger partial charge < -0.3 is 29.4 Å². The Bertz CT molecular complexity index is 6680. The summed E-state index contributed by atoms with van der Waals surface area (Å²) in [4.78, 5) is 139. The summed E-state index contributed by atoms with van der Waals surface area (Å²) < 4.78 is 49.5. The van der Waals surface area contributed by atoms with Gasteiger partial charge in [-0.2, -0.15) is 15.0 Å². The first-order chi connectivity index (χ1) is 61.8. The first-order valence-electron chi connectivity index (χ1n) is 43.7. The lowest BCUT2D eigenvalue weighted by Crippen LogP contribution is -2.58. The molecule has 0 spiro atoms. The van der Waals surface area contributed by atoms with E-state index in [4.69, 9.17) is 49.8 Å². The van der Waals surface area contributed by atoms with Crippen molar-refractivity contribution < 1.29 is 27.6 Å². The van der Waals surface area contributed by atoms with Gasteiger partial charge >= 0.3 is 17.1 Å². The number of hydrogen-bond donors (Lipinski definition) is 0. The van der Waals surface area contributed by atoms with Gasteiger partial charge in [-0.1, -0.05) is 159 Å². The average molecular weight is 1820 g/mol. The Kier molecular flexibility index (Phi) is 29.1. The molecule has 3 fully saturated rings. The van der Waals surface area contributed by atoms with E-state index in [0.29, 0.717) is 124 Å². The van der Waals surface area contributed by atoms with Crippen LogP contribution >= 0.6 is 34.8 Å². The molecule has 15 rings (SSSR count). The van der Waals surface area contributed by atoms with Crippen molar-refractivity contribution in [3.05, 3.63) is 245 Å². The number of aryl methyl sites for hydroxylation is 2. The van der Waals surface area contributed by atoms with Crippen molar-refractivity contribution in [3.63, 3.8) is 0 Å². The molecule has 3 saturated heterocycles. The number of pyridine rings is 5. The Hall–Kier alpha value is -12.6. The van der Waals surface area contributed by atoms with Gasteiger partial charge in [0.1, 0.15) is 41.2 Å². The van der Waals surface area contributed by atoms with Gasteiger partial charge in [-0.3, -0.25) is 24.4 Å². The Morgan fingerprint density at radius 1 is 0.469 bits per heavy atom. The Morgan fingerprint density at radius 2 is 0.846 bits per heavy atom. The molecule has 6 unspecified atom stereocenters. The van der Waals surface area contributed by atoms with Crippen LogP contribution in [0.3, 0.4) is 0 Å². The third-order valence-electron chi connectivity index (χ3n) is 23.8. The smallest absolute Gasteiger partial charge is 0.349 e. The molecule has 9 aromatic heterocycles. The lowest BCUT2D eigenvalue weighted by molar-refractivity contribution is -0.129. The number of anilines is 3. The summed E-state index contributed by atoms with van der Waals surface area (Å²) in [5.74, 6) is 5.08. The molecular weight excluding hydrogens is 1710 g/mol. The Balaban J connectivity index is 0.000000167. The fourth-order valence-electron chi connectivity index (χ4n) is 17.2. The maximum atomic E-state index is 15.1. The van der Waals surface area contributed by atoms with Crippen molar-refractivity contribution in [2.75, 3.05) is 54.0 Å². The highest BCUT2D eigenvalue weighted by Crippen LogP contribution is 2.43. The highest BCUT2D eigenvalue weighted by atomic mass is 35.5. The van der Waals surface area contributed by atoms with Crippen LogP contribution in [0.25, 0.3) is 83.9 Å². The predicted molar refractivity (Wildman–Crippen MR) is 510 cm³/mol. The Morgan fingerprint density at radius 3 is 1.23 bits per heavy atom. The van der Waals surface area contributed by atoms with Crippen LogP contribution in [0.4, 0.5) is 30.6 Å². The van der Waals surface area contributed by atoms with Gasteiger partial charge in [0.25, 0.3) is 5.91 Å². The van der Waals surface area contributed by atoms with E-state index >= 15 is 4.39 Å². The van der Waals surface area contributed by atoms with Crippen molar-refractivity contribution in [1.29, 1.82) is 0 Å². The summed E-state index contributed by atoms with van der Waals surface area (Å²) in [5, 5.41) is 2.28. The van der Waals surface area contributed by atoms with E-state index in [1.807, 2.05) is 143 Å². The van der Waals surface area contributed by atoms with E-state index < -0.39 is 34.5 Å². The molecule has 0 saturated carbocycles. The number of rotatable bonds is 17. The van der Waals surface area contributed by atoms with E-state index in [2.05, 4.69) is 67.2 Å². The van der Waals surface area contributed by atoms with Crippen LogP contribution in [0.2, 0.25) is 15.1 Å². The van der Waals surface area contributed by atoms with Crippen molar-refractivity contribution in [3.8, 4) is 62.7 Å². The fraction of sp³-hybridized carbons (Fsp3) is 0.374. The molecule has 3 aliphatic rings. The molecule has 0 aliphatic carbocycles. The van der Waals surface area contributed by atoms with Crippen molar-refractivity contribution >= 4 is 103 Å². The average Bonchev–Trinajstić information content (AvgIpc) is 0.738. The molecular formula is C99H107Cl3F3N19O6. The first kappa shape index (κ1) is 95.0. The number of aromatic nitrogens is 13. The number of fused-ring (bicyclic) bond motifs is 3. The van der Waals surface area contributed by atoms with E-state index in [0.717, 1.165) is 23.1 Å². The van der Waals surface area contributed by atoms with E-state index in [-0.39, 0.29) is 132 Å². The lowest BCUT2D eigenvalue weighted by atomic mass is 10.0. The SMILES string of the molecule is C=CC(=O)N1CC(C)N(c2nc(=O)n(-c3c(C)cncc3C(C)C)c3nc(-c4ccccc4F)c(Cl)cc23)CC1C.CC#CC(=O)N1CC(C)N(c2nc(=O)n(-c3c(C)ccnc3C(C)C)c3nc(-c4ccccc4F)c(Cl)cc23)CC1C.CC(C)C/C=C/C(=O)N1CC(C)N(c2nc(=O)n(-c3c(C(C)C)ncnc3C(C)C)c3nc(-c4ccccc4F)c(Cl)cc23)CC1C. The number of allylic oxidation sites excluding steroid dienone is 1. The zero-order valence-corrected chi connectivity index (χ0v) is 78.8. The van der Waals surface area contributed by atoms with E-state index in [9.17, 15) is 37.5 Å². The molecule has 31 heteroatoms. The van der Waals surface area contributed by atoms with Gasteiger partial charge in [0, 0.05) is 111 Å². The molecule has 3 aromatic carbocycles. The van der Waals surface area contributed by atoms with Crippen molar-refractivity contribution in [1.82, 2.24) is 78.2 Å². The molecule has 12 heterocycles. The van der Waals surface area contributed by atoms with Crippen molar-refractivity contribution in [2.24, 2.45) is 5.92 Å².